The summed E-state index contributed by atoms with van der Waals surface area (Å²) in [6, 6.07) is 3.96. The van der Waals surface area contributed by atoms with Crippen LogP contribution in [0, 0.1) is 0 Å². The van der Waals surface area contributed by atoms with Crippen molar-refractivity contribution in [1.82, 2.24) is 4.72 Å². The first-order valence-electron chi connectivity index (χ1n) is 5.12. The van der Waals surface area contributed by atoms with Gasteiger partial charge in [-0.25, -0.2) is 26.7 Å². The zero-order valence-electron chi connectivity index (χ0n) is 10.0. The van der Waals surface area contributed by atoms with Gasteiger partial charge in [0, 0.05) is 12.1 Å². The highest BCUT2D eigenvalue weighted by atomic mass is 35.5. The number of halogens is 1. The van der Waals surface area contributed by atoms with Crippen molar-refractivity contribution < 1.29 is 16.8 Å². The van der Waals surface area contributed by atoms with E-state index >= 15 is 0 Å². The van der Waals surface area contributed by atoms with Gasteiger partial charge in [0.1, 0.15) is 9.88 Å². The SMILES string of the molecule is NC(=S)c1ccc(S(=O)(=O)NCCS(N)(=O)=O)c(Cl)c1. The molecule has 0 unspecified atom stereocenters. The fourth-order valence-electron chi connectivity index (χ4n) is 1.27. The minimum absolute atomic E-state index is 0.0709. The van der Waals surface area contributed by atoms with Crippen LogP contribution in [0.4, 0.5) is 0 Å². The Balaban J connectivity index is 2.96. The number of thiocarbonyl (C=S) groups is 1. The van der Waals surface area contributed by atoms with Gasteiger partial charge < -0.3 is 5.73 Å². The van der Waals surface area contributed by atoms with Gasteiger partial charge in [-0.1, -0.05) is 29.9 Å². The molecule has 0 spiro atoms. The largest absolute Gasteiger partial charge is 0.389 e. The third-order valence-electron chi connectivity index (χ3n) is 2.18. The van der Waals surface area contributed by atoms with Crippen molar-refractivity contribution >= 4 is 48.9 Å². The van der Waals surface area contributed by atoms with Crippen LogP contribution in [-0.2, 0) is 20.0 Å². The molecule has 0 amide bonds. The second kappa shape index (κ2) is 6.33. The molecule has 1 aromatic carbocycles. The summed E-state index contributed by atoms with van der Waals surface area (Å²) in [5, 5.41) is 4.70. The van der Waals surface area contributed by atoms with Gasteiger partial charge in [0.2, 0.25) is 20.0 Å². The first kappa shape index (κ1) is 17.3. The van der Waals surface area contributed by atoms with E-state index in [4.69, 9.17) is 34.7 Å². The maximum absolute atomic E-state index is 11.9. The molecule has 0 aliphatic rings. The molecular weight excluding hydrogens is 346 g/mol. The molecule has 0 aliphatic heterocycles. The second-order valence-electron chi connectivity index (χ2n) is 3.77. The number of nitrogens with two attached hydrogens (primary N) is 2. The molecule has 0 aliphatic carbocycles. The van der Waals surface area contributed by atoms with Gasteiger partial charge in [0.15, 0.2) is 0 Å². The molecule has 11 heteroatoms. The Morgan fingerprint density at radius 1 is 1.30 bits per heavy atom. The minimum atomic E-state index is -3.94. The highest BCUT2D eigenvalue weighted by Crippen LogP contribution is 2.22. The second-order valence-corrected chi connectivity index (χ2v) is 8.09. The third kappa shape index (κ3) is 4.96. The highest BCUT2D eigenvalue weighted by molar-refractivity contribution is 7.90. The number of hydrogen-bond donors (Lipinski definition) is 3. The Bertz CT molecular complexity index is 731. The molecule has 0 heterocycles. The van der Waals surface area contributed by atoms with E-state index in [0.29, 0.717) is 5.56 Å². The Morgan fingerprint density at radius 3 is 2.35 bits per heavy atom. The van der Waals surface area contributed by atoms with E-state index in [9.17, 15) is 16.8 Å². The number of nitrogens with one attached hydrogen (secondary N) is 1. The normalized spacial score (nSPS) is 12.3. The molecule has 0 atom stereocenters. The van der Waals surface area contributed by atoms with Crippen molar-refractivity contribution in [2.45, 2.75) is 4.90 Å². The quantitative estimate of drug-likeness (QED) is 0.590. The molecule has 0 bridgehead atoms. The Kier molecular flexibility index (Phi) is 5.46. The van der Waals surface area contributed by atoms with Crippen molar-refractivity contribution in [3.8, 4) is 0 Å². The topological polar surface area (TPSA) is 132 Å². The fraction of sp³-hybridized carbons (Fsp3) is 0.222. The smallest absolute Gasteiger partial charge is 0.242 e. The van der Waals surface area contributed by atoms with E-state index < -0.39 is 25.8 Å². The average Bonchev–Trinajstić information content (AvgIpc) is 2.26. The molecule has 0 aromatic heterocycles. The molecule has 0 saturated carbocycles. The number of primary sulfonamides is 1. The van der Waals surface area contributed by atoms with Crippen LogP contribution in [0.25, 0.3) is 0 Å². The summed E-state index contributed by atoms with van der Waals surface area (Å²) >= 11 is 10.6. The summed E-state index contributed by atoms with van der Waals surface area (Å²) in [5.74, 6) is -0.519. The molecule has 0 radical (unpaired) electrons. The zero-order chi connectivity index (χ0) is 15.6. The summed E-state index contributed by atoms with van der Waals surface area (Å²) in [6.07, 6.45) is 0. The maximum Gasteiger partial charge on any atom is 0.242 e. The van der Waals surface area contributed by atoms with E-state index in [1.54, 1.807) is 0 Å². The number of sulfonamides is 2. The molecule has 0 fully saturated rings. The predicted octanol–water partition coefficient (Wildman–Crippen LogP) is -0.459. The van der Waals surface area contributed by atoms with Crippen LogP contribution in [0.5, 0.6) is 0 Å². The molecule has 20 heavy (non-hydrogen) atoms. The molecule has 7 nitrogen and oxygen atoms in total. The van der Waals surface area contributed by atoms with Gasteiger partial charge >= 0.3 is 0 Å². The van der Waals surface area contributed by atoms with Gasteiger partial charge in [-0.3, -0.25) is 0 Å². The zero-order valence-corrected chi connectivity index (χ0v) is 13.2. The predicted molar refractivity (Wildman–Crippen MR) is 80.5 cm³/mol. The van der Waals surface area contributed by atoms with Gasteiger partial charge in [-0.15, -0.1) is 0 Å². The Morgan fingerprint density at radius 2 is 1.90 bits per heavy atom. The van der Waals surface area contributed by atoms with Gasteiger partial charge in [-0.2, -0.15) is 0 Å². The maximum atomic E-state index is 11.9. The van der Waals surface area contributed by atoms with Crippen LogP contribution in [0.3, 0.4) is 0 Å². The molecule has 0 saturated heterocycles. The fourth-order valence-corrected chi connectivity index (χ4v) is 3.49. The van der Waals surface area contributed by atoms with E-state index in [0.717, 1.165) is 0 Å². The lowest BCUT2D eigenvalue weighted by molar-refractivity contribution is 0.581. The third-order valence-corrected chi connectivity index (χ3v) is 5.14. The summed E-state index contributed by atoms with van der Waals surface area (Å²) in [7, 11) is -7.69. The van der Waals surface area contributed by atoms with Gasteiger partial charge in [0.05, 0.1) is 10.8 Å². The summed E-state index contributed by atoms with van der Waals surface area (Å²) in [4.78, 5) is -0.119. The molecular formula is C9H12ClN3O4S3. The van der Waals surface area contributed by atoms with Crippen molar-refractivity contribution in [1.29, 1.82) is 0 Å². The number of rotatable bonds is 6. The van der Waals surface area contributed by atoms with Gasteiger partial charge in [0.25, 0.3) is 0 Å². The minimum Gasteiger partial charge on any atom is -0.389 e. The number of benzene rings is 1. The van der Waals surface area contributed by atoms with Crippen molar-refractivity contribution in [3.63, 3.8) is 0 Å². The molecule has 5 N–H and O–H groups in total. The summed E-state index contributed by atoms with van der Waals surface area (Å²) < 4.78 is 47.4. The van der Waals surface area contributed by atoms with E-state index in [1.165, 1.54) is 18.2 Å². The average molecular weight is 358 g/mol. The van der Waals surface area contributed by atoms with E-state index in [1.807, 2.05) is 0 Å². The Labute approximate surface area is 127 Å². The van der Waals surface area contributed by atoms with E-state index in [2.05, 4.69) is 4.72 Å². The van der Waals surface area contributed by atoms with Crippen molar-refractivity contribution in [3.05, 3.63) is 28.8 Å². The lowest BCUT2D eigenvalue weighted by Crippen LogP contribution is -2.31. The van der Waals surface area contributed by atoms with Crippen molar-refractivity contribution in [2.75, 3.05) is 12.3 Å². The first-order valence-corrected chi connectivity index (χ1v) is 9.11. The van der Waals surface area contributed by atoms with Crippen molar-refractivity contribution in [2.24, 2.45) is 10.9 Å². The lowest BCUT2D eigenvalue weighted by Gasteiger charge is -2.09. The summed E-state index contributed by atoms with van der Waals surface area (Å²) in [6.45, 7) is -0.353. The van der Waals surface area contributed by atoms with Gasteiger partial charge in [-0.05, 0) is 12.1 Å². The first-order chi connectivity index (χ1) is 9.03. The van der Waals surface area contributed by atoms with E-state index in [-0.39, 0.29) is 21.5 Å². The van der Waals surface area contributed by atoms with Crippen LogP contribution >= 0.6 is 23.8 Å². The standard InChI is InChI=1S/C9H12ClN3O4S3/c10-7-5-6(9(11)18)1-2-8(7)20(16,17)13-3-4-19(12,14)15/h1-2,5,13H,3-4H2,(H2,11,18)(H2,12,14,15). The molecule has 1 aromatic rings. The van der Waals surface area contributed by atoms with Crippen LogP contribution in [-0.4, -0.2) is 34.1 Å². The number of hydrogen-bond acceptors (Lipinski definition) is 5. The van der Waals surface area contributed by atoms with Crippen LogP contribution in [0.1, 0.15) is 5.56 Å². The van der Waals surface area contributed by atoms with Crippen LogP contribution < -0.4 is 15.6 Å². The lowest BCUT2D eigenvalue weighted by atomic mass is 10.2. The van der Waals surface area contributed by atoms with Crippen LogP contribution in [0.2, 0.25) is 5.02 Å². The monoisotopic (exact) mass is 357 g/mol. The highest BCUT2D eigenvalue weighted by Gasteiger charge is 2.18. The molecule has 112 valence electrons. The molecule has 1 rings (SSSR count). The summed E-state index contributed by atoms with van der Waals surface area (Å²) in [5.41, 5.74) is 5.82. The van der Waals surface area contributed by atoms with Crippen LogP contribution in [0.15, 0.2) is 23.1 Å². The Hall–Kier alpha value is -0.780.